The monoisotopic (exact) mass is 409 g/mol. The second-order valence-electron chi connectivity index (χ2n) is 7.76. The Morgan fingerprint density at radius 3 is 1.17 bits per heavy atom. The van der Waals surface area contributed by atoms with Crippen LogP contribution in [0.1, 0.15) is 11.1 Å². The fourth-order valence-electron chi connectivity index (χ4n) is 4.26. The molecule has 1 nitrogen and oxygen atoms in total. The lowest BCUT2D eigenvalue weighted by Crippen LogP contribution is -2.45. The van der Waals surface area contributed by atoms with Gasteiger partial charge in [0.25, 0.3) is 0 Å². The number of hydrogen-bond acceptors (Lipinski definition) is 1. The van der Waals surface area contributed by atoms with Gasteiger partial charge >= 0.3 is 0 Å². The maximum Gasteiger partial charge on any atom is 0.0189 e. The molecule has 150 valence electrons. The maximum absolute atomic E-state index is 6.70. The van der Waals surface area contributed by atoms with Gasteiger partial charge in [-0.1, -0.05) is 121 Å². The van der Waals surface area contributed by atoms with Crippen LogP contribution >= 0.6 is 7.92 Å². The van der Waals surface area contributed by atoms with Crippen LogP contribution < -0.4 is 16.3 Å². The van der Waals surface area contributed by atoms with Gasteiger partial charge < -0.3 is 5.73 Å². The molecule has 0 aliphatic heterocycles. The molecule has 0 aliphatic rings. The van der Waals surface area contributed by atoms with E-state index >= 15 is 0 Å². The molecule has 4 aromatic carbocycles. The Kier molecular flexibility index (Phi) is 6.74. The van der Waals surface area contributed by atoms with E-state index in [1.165, 1.54) is 21.7 Å². The summed E-state index contributed by atoms with van der Waals surface area (Å²) >= 11 is 0. The van der Waals surface area contributed by atoms with E-state index in [2.05, 4.69) is 121 Å². The van der Waals surface area contributed by atoms with Gasteiger partial charge in [-0.15, -0.1) is 0 Å². The molecule has 0 saturated carbocycles. The Labute approximate surface area is 181 Å². The average molecular weight is 410 g/mol. The first-order valence-electron chi connectivity index (χ1n) is 10.5. The first-order chi connectivity index (χ1) is 14.8. The molecule has 0 saturated heterocycles. The fraction of sp³-hybridized carbons (Fsp3) is 0.143. The first-order valence-corrected chi connectivity index (χ1v) is 11.8. The van der Waals surface area contributed by atoms with Crippen LogP contribution in [0.4, 0.5) is 0 Å². The van der Waals surface area contributed by atoms with Gasteiger partial charge in [0, 0.05) is 11.7 Å². The maximum atomic E-state index is 6.70. The molecular weight excluding hydrogens is 381 g/mol. The van der Waals surface area contributed by atoms with E-state index in [1.807, 2.05) is 0 Å². The van der Waals surface area contributed by atoms with Crippen LogP contribution in [0.15, 0.2) is 121 Å². The van der Waals surface area contributed by atoms with Gasteiger partial charge in [0.2, 0.25) is 0 Å². The van der Waals surface area contributed by atoms with E-state index in [1.54, 1.807) is 0 Å². The third-order valence-corrected chi connectivity index (χ3v) is 8.71. The van der Waals surface area contributed by atoms with E-state index in [4.69, 9.17) is 5.73 Å². The summed E-state index contributed by atoms with van der Waals surface area (Å²) in [4.78, 5) is 0. The Balaban J connectivity index is 1.88. The molecule has 0 spiro atoms. The Hall–Kier alpha value is -2.73. The fourth-order valence-corrected chi connectivity index (χ4v) is 7.46. The smallest absolute Gasteiger partial charge is 0.0189 e. The molecular formula is C28H28NP. The highest BCUT2D eigenvalue weighted by Crippen LogP contribution is 2.51. The van der Waals surface area contributed by atoms with Crippen molar-refractivity contribution in [2.24, 2.45) is 5.73 Å². The molecule has 0 unspecified atom stereocenters. The number of hydrogen-bond donors (Lipinski definition) is 1. The van der Waals surface area contributed by atoms with E-state index in [-0.39, 0.29) is 5.16 Å². The molecule has 0 bridgehead atoms. The van der Waals surface area contributed by atoms with E-state index in [9.17, 15) is 0 Å². The van der Waals surface area contributed by atoms with Gasteiger partial charge in [0.05, 0.1) is 0 Å². The molecule has 0 heterocycles. The van der Waals surface area contributed by atoms with Gasteiger partial charge in [-0.3, -0.25) is 0 Å². The zero-order chi connectivity index (χ0) is 20.7. The summed E-state index contributed by atoms with van der Waals surface area (Å²) < 4.78 is 0. The first kappa shape index (κ1) is 20.5. The van der Waals surface area contributed by atoms with Crippen molar-refractivity contribution in [3.8, 4) is 0 Å². The molecule has 4 rings (SSSR count). The summed E-state index contributed by atoms with van der Waals surface area (Å²) in [6.07, 6.45) is 1.91. The van der Waals surface area contributed by atoms with Crippen molar-refractivity contribution in [2.75, 3.05) is 6.54 Å². The normalized spacial score (nSPS) is 11.5. The van der Waals surface area contributed by atoms with E-state index in [0.29, 0.717) is 6.54 Å². The summed E-state index contributed by atoms with van der Waals surface area (Å²) in [6.45, 7) is 0.631. The van der Waals surface area contributed by atoms with Crippen molar-refractivity contribution in [3.63, 3.8) is 0 Å². The second kappa shape index (κ2) is 9.85. The Morgan fingerprint density at radius 1 is 0.500 bits per heavy atom. The summed E-state index contributed by atoms with van der Waals surface area (Å²) in [5, 5.41) is 2.69. The van der Waals surface area contributed by atoms with Crippen LogP contribution in [0.2, 0.25) is 0 Å². The Bertz CT molecular complexity index is 936. The molecule has 0 radical (unpaired) electrons. The van der Waals surface area contributed by atoms with E-state index in [0.717, 1.165) is 12.8 Å². The van der Waals surface area contributed by atoms with Crippen molar-refractivity contribution in [2.45, 2.75) is 18.0 Å². The third-order valence-electron chi connectivity index (χ3n) is 5.64. The highest BCUT2D eigenvalue weighted by atomic mass is 31.1. The minimum Gasteiger partial charge on any atom is -0.330 e. The number of benzene rings is 4. The molecule has 30 heavy (non-hydrogen) atoms. The largest absolute Gasteiger partial charge is 0.330 e. The predicted molar refractivity (Wildman–Crippen MR) is 131 cm³/mol. The van der Waals surface area contributed by atoms with Gasteiger partial charge in [-0.2, -0.15) is 0 Å². The number of nitrogens with two attached hydrogens (primary N) is 1. The quantitative estimate of drug-likeness (QED) is 0.393. The minimum atomic E-state index is -0.671. The average Bonchev–Trinajstić information content (AvgIpc) is 2.82. The van der Waals surface area contributed by atoms with Gasteiger partial charge in [0.15, 0.2) is 0 Å². The Morgan fingerprint density at radius 2 is 0.833 bits per heavy atom. The molecule has 0 amide bonds. The molecule has 2 N–H and O–H groups in total. The summed E-state index contributed by atoms with van der Waals surface area (Å²) in [6, 6.07) is 43.6. The van der Waals surface area contributed by atoms with Crippen LogP contribution in [0, 0.1) is 0 Å². The van der Waals surface area contributed by atoms with Crippen molar-refractivity contribution in [1.82, 2.24) is 0 Å². The lowest BCUT2D eigenvalue weighted by atomic mass is 9.91. The molecule has 0 aliphatic carbocycles. The molecule has 2 heteroatoms. The van der Waals surface area contributed by atoms with Crippen molar-refractivity contribution in [3.05, 3.63) is 132 Å². The van der Waals surface area contributed by atoms with Crippen LogP contribution in [0.25, 0.3) is 0 Å². The van der Waals surface area contributed by atoms with Gasteiger partial charge in [-0.25, -0.2) is 0 Å². The van der Waals surface area contributed by atoms with Crippen LogP contribution in [-0.2, 0) is 12.8 Å². The molecule has 0 fully saturated rings. The minimum absolute atomic E-state index is 0.0826. The zero-order valence-electron chi connectivity index (χ0n) is 17.2. The summed E-state index contributed by atoms with van der Waals surface area (Å²) in [5.74, 6) is 0. The third kappa shape index (κ3) is 4.70. The van der Waals surface area contributed by atoms with Crippen LogP contribution in [-0.4, -0.2) is 11.7 Å². The predicted octanol–water partition coefficient (Wildman–Crippen LogP) is 5.30. The molecule has 0 atom stereocenters. The highest BCUT2D eigenvalue weighted by molar-refractivity contribution is 7.74. The van der Waals surface area contributed by atoms with Crippen LogP contribution in [0.3, 0.4) is 0 Å². The SMILES string of the molecule is NCC(Cc1ccccc1)(Cc1ccccc1)P(c1ccccc1)c1ccccc1. The molecule has 0 aromatic heterocycles. The van der Waals surface area contributed by atoms with E-state index < -0.39 is 7.92 Å². The lowest BCUT2D eigenvalue weighted by molar-refractivity contribution is 0.581. The topological polar surface area (TPSA) is 26.0 Å². The van der Waals surface area contributed by atoms with Crippen molar-refractivity contribution in [1.29, 1.82) is 0 Å². The number of rotatable bonds is 8. The van der Waals surface area contributed by atoms with Crippen molar-refractivity contribution < 1.29 is 0 Å². The van der Waals surface area contributed by atoms with Gasteiger partial charge in [0.1, 0.15) is 0 Å². The van der Waals surface area contributed by atoms with Crippen LogP contribution in [0.5, 0.6) is 0 Å². The van der Waals surface area contributed by atoms with Crippen molar-refractivity contribution >= 4 is 18.5 Å². The van der Waals surface area contributed by atoms with Gasteiger partial charge in [-0.05, 0) is 42.5 Å². The standard InChI is InChI=1S/C28H28NP/c29-23-28(21-24-13-5-1-6-14-24,22-25-15-7-2-8-16-25)30(26-17-9-3-10-18-26)27-19-11-4-12-20-27/h1-20H,21-23,29H2. The summed E-state index contributed by atoms with van der Waals surface area (Å²) in [5.41, 5.74) is 9.39. The zero-order valence-corrected chi connectivity index (χ0v) is 18.1. The second-order valence-corrected chi connectivity index (χ2v) is 10.4. The highest BCUT2D eigenvalue weighted by Gasteiger charge is 2.39. The molecule has 4 aromatic rings. The lowest BCUT2D eigenvalue weighted by Gasteiger charge is -2.42. The summed E-state index contributed by atoms with van der Waals surface area (Å²) in [7, 11) is -0.671.